The fourth-order valence-electron chi connectivity index (χ4n) is 4.42. The lowest BCUT2D eigenvalue weighted by Gasteiger charge is -2.10. The predicted octanol–water partition coefficient (Wildman–Crippen LogP) is 6.69. The minimum atomic E-state index is -0.329. The van der Waals surface area contributed by atoms with E-state index in [1.165, 1.54) is 12.1 Å². The molecule has 36 heavy (non-hydrogen) atoms. The lowest BCUT2D eigenvalue weighted by molar-refractivity contribution is 0.0965. The Labute approximate surface area is 207 Å². The van der Waals surface area contributed by atoms with E-state index < -0.39 is 0 Å². The van der Waals surface area contributed by atoms with Gasteiger partial charge in [-0.05, 0) is 67.1 Å². The van der Waals surface area contributed by atoms with Crippen molar-refractivity contribution in [3.05, 3.63) is 126 Å². The van der Waals surface area contributed by atoms with Gasteiger partial charge < -0.3 is 0 Å². The second kappa shape index (κ2) is 8.74. The van der Waals surface area contributed by atoms with Gasteiger partial charge in [-0.15, -0.1) is 0 Å². The third-order valence-corrected chi connectivity index (χ3v) is 6.23. The molecule has 0 saturated carbocycles. The van der Waals surface area contributed by atoms with E-state index in [0.29, 0.717) is 33.7 Å². The highest BCUT2D eigenvalue weighted by molar-refractivity contribution is 6.05. The van der Waals surface area contributed by atoms with E-state index in [9.17, 15) is 9.18 Å². The van der Waals surface area contributed by atoms with Crippen LogP contribution in [0, 0.1) is 12.7 Å². The number of aryl methyl sites for hydroxylation is 1. The molecule has 174 valence electrons. The maximum absolute atomic E-state index is 14.0. The topological polar surface area (TPSA) is 52.7 Å². The van der Waals surface area contributed by atoms with E-state index in [1.807, 2.05) is 92.0 Å². The van der Waals surface area contributed by atoms with Crippen LogP contribution in [0.2, 0.25) is 0 Å². The van der Waals surface area contributed by atoms with E-state index in [-0.39, 0.29) is 11.7 Å². The Morgan fingerprint density at radius 2 is 1.50 bits per heavy atom. The van der Waals surface area contributed by atoms with Crippen molar-refractivity contribution < 1.29 is 9.18 Å². The van der Waals surface area contributed by atoms with Crippen molar-refractivity contribution in [2.75, 3.05) is 0 Å². The zero-order valence-electron chi connectivity index (χ0n) is 19.5. The number of aromatic nitrogens is 4. The van der Waals surface area contributed by atoms with Crippen LogP contribution in [-0.4, -0.2) is 25.2 Å². The van der Waals surface area contributed by atoms with Gasteiger partial charge in [-0.25, -0.2) is 14.1 Å². The van der Waals surface area contributed by atoms with Crippen LogP contribution in [0.3, 0.4) is 0 Å². The molecule has 0 spiro atoms. The number of benzene rings is 4. The summed E-state index contributed by atoms with van der Waals surface area (Å²) in [4.78, 5) is 18.8. The summed E-state index contributed by atoms with van der Waals surface area (Å²) in [5.41, 5.74) is 5.75. The maximum Gasteiger partial charge on any atom is 0.264 e. The average Bonchev–Trinajstić information content (AvgIpc) is 3.52. The summed E-state index contributed by atoms with van der Waals surface area (Å²) in [5.74, 6) is -0.0231. The molecule has 0 aliphatic carbocycles. The highest BCUT2D eigenvalue weighted by Crippen LogP contribution is 2.34. The first-order valence-corrected chi connectivity index (χ1v) is 11.6. The van der Waals surface area contributed by atoms with Gasteiger partial charge in [0.25, 0.3) is 5.91 Å². The Hall–Kier alpha value is -4.84. The van der Waals surface area contributed by atoms with Gasteiger partial charge in [-0.2, -0.15) is 5.10 Å². The summed E-state index contributed by atoms with van der Waals surface area (Å²) < 4.78 is 17.2. The molecule has 0 amide bonds. The van der Waals surface area contributed by atoms with Crippen molar-refractivity contribution >= 4 is 16.9 Å². The van der Waals surface area contributed by atoms with Gasteiger partial charge in [0.1, 0.15) is 11.5 Å². The fraction of sp³-hybridized carbons (Fsp3) is 0.0333. The Bertz CT molecular complexity index is 1720. The predicted molar refractivity (Wildman–Crippen MR) is 139 cm³/mol. The SMILES string of the molecule is Cc1ccccc1C(=O)n1c(-c2cn(-c3ccccc3)nc2-c2ccc(F)cc2)nc2ccccc21. The average molecular weight is 473 g/mol. The van der Waals surface area contributed by atoms with Gasteiger partial charge in [-0.3, -0.25) is 9.36 Å². The Kier molecular flexibility index (Phi) is 5.26. The molecule has 0 unspecified atom stereocenters. The van der Waals surface area contributed by atoms with Crippen LogP contribution in [0.1, 0.15) is 15.9 Å². The van der Waals surface area contributed by atoms with Gasteiger partial charge >= 0.3 is 0 Å². The first kappa shape index (κ1) is 21.7. The van der Waals surface area contributed by atoms with Crippen LogP contribution in [0.5, 0.6) is 0 Å². The summed E-state index contributed by atoms with van der Waals surface area (Å²) in [6, 6.07) is 31.0. The number of fused-ring (bicyclic) bond motifs is 1. The van der Waals surface area contributed by atoms with Crippen molar-refractivity contribution in [1.29, 1.82) is 0 Å². The quantitative estimate of drug-likeness (QED) is 0.287. The van der Waals surface area contributed by atoms with E-state index in [1.54, 1.807) is 21.4 Å². The molecule has 6 aromatic rings. The Morgan fingerprint density at radius 1 is 0.806 bits per heavy atom. The summed E-state index contributed by atoms with van der Waals surface area (Å²) >= 11 is 0. The standard InChI is InChI=1S/C30H21FN4O/c1-20-9-5-6-12-24(20)30(36)35-27-14-8-7-13-26(27)32-29(35)25-19-34(23-10-3-2-4-11-23)33-28(25)21-15-17-22(31)18-16-21/h2-19H,1H3. The molecule has 5 nitrogen and oxygen atoms in total. The second-order valence-corrected chi connectivity index (χ2v) is 8.56. The van der Waals surface area contributed by atoms with Crippen molar-refractivity contribution in [3.8, 4) is 28.3 Å². The number of hydrogen-bond acceptors (Lipinski definition) is 3. The molecule has 0 aliphatic heterocycles. The molecule has 4 aromatic carbocycles. The molecule has 0 saturated heterocycles. The van der Waals surface area contributed by atoms with Crippen molar-refractivity contribution in [3.63, 3.8) is 0 Å². The molecule has 6 rings (SSSR count). The number of imidazole rings is 1. The van der Waals surface area contributed by atoms with Crippen LogP contribution >= 0.6 is 0 Å². The summed E-state index contributed by atoms with van der Waals surface area (Å²) in [5, 5.41) is 4.85. The lowest BCUT2D eigenvalue weighted by Crippen LogP contribution is -2.14. The minimum absolute atomic E-state index is 0.172. The van der Waals surface area contributed by atoms with Crippen molar-refractivity contribution in [2.45, 2.75) is 6.92 Å². The molecule has 0 radical (unpaired) electrons. The van der Waals surface area contributed by atoms with Gasteiger partial charge in [0.2, 0.25) is 0 Å². The zero-order chi connectivity index (χ0) is 24.6. The number of para-hydroxylation sites is 3. The summed E-state index contributed by atoms with van der Waals surface area (Å²) in [6.07, 6.45) is 1.87. The molecular formula is C30H21FN4O. The minimum Gasteiger partial charge on any atom is -0.268 e. The molecule has 0 bridgehead atoms. The normalized spacial score (nSPS) is 11.2. The third kappa shape index (κ3) is 3.69. The Morgan fingerprint density at radius 3 is 2.28 bits per heavy atom. The molecule has 0 aliphatic rings. The van der Waals surface area contributed by atoms with Crippen LogP contribution in [0.25, 0.3) is 39.4 Å². The van der Waals surface area contributed by atoms with E-state index in [2.05, 4.69) is 0 Å². The van der Waals surface area contributed by atoms with Crippen LogP contribution in [0.4, 0.5) is 4.39 Å². The highest BCUT2D eigenvalue weighted by atomic mass is 19.1. The number of carbonyl (C=O) groups is 1. The molecular weight excluding hydrogens is 451 g/mol. The number of halogens is 1. The van der Waals surface area contributed by atoms with E-state index in [0.717, 1.165) is 16.8 Å². The lowest BCUT2D eigenvalue weighted by atomic mass is 10.1. The molecule has 0 fully saturated rings. The van der Waals surface area contributed by atoms with Crippen molar-refractivity contribution in [1.82, 2.24) is 19.3 Å². The second-order valence-electron chi connectivity index (χ2n) is 8.56. The first-order chi connectivity index (χ1) is 17.6. The van der Waals surface area contributed by atoms with Crippen LogP contribution in [0.15, 0.2) is 109 Å². The summed E-state index contributed by atoms with van der Waals surface area (Å²) in [6.45, 7) is 1.92. The molecule has 6 heteroatoms. The van der Waals surface area contributed by atoms with Crippen LogP contribution in [-0.2, 0) is 0 Å². The number of carbonyl (C=O) groups excluding carboxylic acids is 1. The largest absolute Gasteiger partial charge is 0.268 e. The van der Waals surface area contributed by atoms with E-state index in [4.69, 9.17) is 10.1 Å². The number of hydrogen-bond donors (Lipinski definition) is 0. The van der Waals surface area contributed by atoms with Crippen LogP contribution < -0.4 is 0 Å². The molecule has 2 heterocycles. The molecule has 2 aromatic heterocycles. The smallest absolute Gasteiger partial charge is 0.264 e. The molecule has 0 N–H and O–H groups in total. The monoisotopic (exact) mass is 472 g/mol. The third-order valence-electron chi connectivity index (χ3n) is 6.23. The first-order valence-electron chi connectivity index (χ1n) is 11.6. The highest BCUT2D eigenvalue weighted by Gasteiger charge is 2.25. The number of nitrogens with zero attached hydrogens (tertiary/aromatic N) is 4. The molecule has 0 atom stereocenters. The Balaban J connectivity index is 1.64. The van der Waals surface area contributed by atoms with Gasteiger partial charge in [-0.1, -0.05) is 48.5 Å². The van der Waals surface area contributed by atoms with Gasteiger partial charge in [0, 0.05) is 17.3 Å². The maximum atomic E-state index is 14.0. The fourth-order valence-corrected chi connectivity index (χ4v) is 4.42. The van der Waals surface area contributed by atoms with Gasteiger partial charge in [0.15, 0.2) is 5.82 Å². The zero-order valence-corrected chi connectivity index (χ0v) is 19.5. The number of rotatable bonds is 4. The van der Waals surface area contributed by atoms with E-state index >= 15 is 0 Å². The summed E-state index contributed by atoms with van der Waals surface area (Å²) in [7, 11) is 0. The van der Waals surface area contributed by atoms with Crippen molar-refractivity contribution in [2.24, 2.45) is 0 Å². The van der Waals surface area contributed by atoms with Gasteiger partial charge in [0.05, 0.1) is 22.3 Å².